The van der Waals surface area contributed by atoms with Gasteiger partial charge in [0.2, 0.25) is 5.91 Å². The highest BCUT2D eigenvalue weighted by Gasteiger charge is 2.30. The fourth-order valence-corrected chi connectivity index (χ4v) is 3.30. The molecule has 1 saturated heterocycles. The van der Waals surface area contributed by atoms with Crippen molar-refractivity contribution in [3.8, 4) is 0 Å². The van der Waals surface area contributed by atoms with Gasteiger partial charge >= 0.3 is 0 Å². The number of carbonyl (C=O) groups excluding carboxylic acids is 1. The van der Waals surface area contributed by atoms with Gasteiger partial charge in [-0.15, -0.1) is 0 Å². The first-order valence-electron chi connectivity index (χ1n) is 8.60. The predicted octanol–water partition coefficient (Wildman–Crippen LogP) is 2.39. The average Bonchev–Trinajstić information content (AvgIpc) is 3.17. The average molecular weight is 327 g/mol. The van der Waals surface area contributed by atoms with E-state index in [1.165, 1.54) is 0 Å². The van der Waals surface area contributed by atoms with Crippen LogP contribution in [0.4, 0.5) is 5.82 Å². The minimum absolute atomic E-state index is 0.0452. The zero-order chi connectivity index (χ0) is 16.9. The lowest BCUT2D eigenvalue weighted by atomic mass is 10.2. The van der Waals surface area contributed by atoms with E-state index >= 15 is 0 Å². The van der Waals surface area contributed by atoms with Crippen LogP contribution in [-0.4, -0.2) is 44.5 Å². The third kappa shape index (κ3) is 4.00. The van der Waals surface area contributed by atoms with Gasteiger partial charge in [-0.1, -0.05) is 6.07 Å². The molecule has 1 amide bonds. The summed E-state index contributed by atoms with van der Waals surface area (Å²) in [5.41, 5.74) is 0.909. The second-order valence-corrected chi connectivity index (χ2v) is 6.37. The van der Waals surface area contributed by atoms with E-state index in [4.69, 9.17) is 0 Å². The summed E-state index contributed by atoms with van der Waals surface area (Å²) in [6.45, 7) is 6.80. The summed E-state index contributed by atoms with van der Waals surface area (Å²) in [5, 5.41) is 2.96. The Kier molecular flexibility index (Phi) is 5.25. The van der Waals surface area contributed by atoms with Gasteiger partial charge in [0.15, 0.2) is 0 Å². The topological polar surface area (TPSA) is 63.1 Å². The second kappa shape index (κ2) is 7.57. The Morgan fingerprint density at radius 3 is 2.96 bits per heavy atom. The number of pyridine rings is 1. The second-order valence-electron chi connectivity index (χ2n) is 6.37. The van der Waals surface area contributed by atoms with E-state index in [9.17, 15) is 4.79 Å². The minimum atomic E-state index is -0.0452. The first kappa shape index (κ1) is 16.6. The van der Waals surface area contributed by atoms with E-state index in [0.717, 1.165) is 50.4 Å². The maximum absolute atomic E-state index is 12.6. The molecule has 0 radical (unpaired) electrons. The molecule has 1 fully saturated rings. The van der Waals surface area contributed by atoms with Crippen LogP contribution in [-0.2, 0) is 11.3 Å². The van der Waals surface area contributed by atoms with E-state index in [1.54, 1.807) is 0 Å². The SMILES string of the molecule is Cc1cccc(NC(=O)[C@@H]2CCCN2CCCn2ccnc2C)n1. The summed E-state index contributed by atoms with van der Waals surface area (Å²) in [4.78, 5) is 23.5. The fraction of sp³-hybridized carbons (Fsp3) is 0.500. The van der Waals surface area contributed by atoms with Crippen LogP contribution in [0.1, 0.15) is 30.8 Å². The van der Waals surface area contributed by atoms with Gasteiger partial charge in [-0.25, -0.2) is 9.97 Å². The summed E-state index contributed by atoms with van der Waals surface area (Å²) in [6, 6.07) is 5.63. The molecule has 1 aliphatic heterocycles. The molecule has 2 aromatic heterocycles. The molecule has 0 spiro atoms. The molecule has 1 atom stereocenters. The van der Waals surface area contributed by atoms with Crippen molar-refractivity contribution in [2.45, 2.75) is 45.7 Å². The van der Waals surface area contributed by atoms with Gasteiger partial charge in [-0.3, -0.25) is 9.69 Å². The van der Waals surface area contributed by atoms with Crippen molar-refractivity contribution in [3.63, 3.8) is 0 Å². The Bertz CT molecular complexity index is 696. The van der Waals surface area contributed by atoms with Crippen molar-refractivity contribution in [2.24, 2.45) is 0 Å². The van der Waals surface area contributed by atoms with Crippen LogP contribution in [0.5, 0.6) is 0 Å². The Balaban J connectivity index is 1.52. The molecule has 1 aliphatic rings. The molecule has 3 heterocycles. The molecule has 6 heteroatoms. The molecule has 3 rings (SSSR count). The molecule has 128 valence electrons. The van der Waals surface area contributed by atoms with Gasteiger partial charge in [-0.2, -0.15) is 0 Å². The van der Waals surface area contributed by atoms with Crippen LogP contribution < -0.4 is 5.32 Å². The Morgan fingerprint density at radius 1 is 1.33 bits per heavy atom. The predicted molar refractivity (Wildman–Crippen MR) is 93.8 cm³/mol. The quantitative estimate of drug-likeness (QED) is 0.885. The van der Waals surface area contributed by atoms with E-state index in [-0.39, 0.29) is 11.9 Å². The molecule has 0 bridgehead atoms. The summed E-state index contributed by atoms with van der Waals surface area (Å²) < 4.78 is 2.15. The summed E-state index contributed by atoms with van der Waals surface area (Å²) >= 11 is 0. The molecule has 0 unspecified atom stereocenters. The van der Waals surface area contributed by atoms with Crippen molar-refractivity contribution >= 4 is 11.7 Å². The fourth-order valence-electron chi connectivity index (χ4n) is 3.30. The number of hydrogen-bond donors (Lipinski definition) is 1. The molecule has 0 saturated carbocycles. The number of nitrogens with zero attached hydrogens (tertiary/aromatic N) is 4. The zero-order valence-electron chi connectivity index (χ0n) is 14.4. The molecule has 0 aliphatic carbocycles. The number of likely N-dealkylation sites (tertiary alicyclic amines) is 1. The molecule has 0 aromatic carbocycles. The van der Waals surface area contributed by atoms with Gasteiger partial charge in [0, 0.05) is 31.2 Å². The van der Waals surface area contributed by atoms with Crippen molar-refractivity contribution < 1.29 is 4.79 Å². The number of nitrogens with one attached hydrogen (secondary N) is 1. The molecule has 24 heavy (non-hydrogen) atoms. The van der Waals surface area contributed by atoms with E-state index in [1.807, 2.05) is 44.4 Å². The van der Waals surface area contributed by atoms with Gasteiger partial charge < -0.3 is 9.88 Å². The number of rotatable bonds is 6. The molecule has 1 N–H and O–H groups in total. The van der Waals surface area contributed by atoms with E-state index in [0.29, 0.717) is 5.82 Å². The lowest BCUT2D eigenvalue weighted by Crippen LogP contribution is -2.40. The van der Waals surface area contributed by atoms with Crippen molar-refractivity contribution in [2.75, 3.05) is 18.4 Å². The van der Waals surface area contributed by atoms with Crippen LogP contribution in [0.3, 0.4) is 0 Å². The van der Waals surface area contributed by atoms with Crippen molar-refractivity contribution in [1.82, 2.24) is 19.4 Å². The summed E-state index contributed by atoms with van der Waals surface area (Å²) in [7, 11) is 0. The van der Waals surface area contributed by atoms with Crippen LogP contribution >= 0.6 is 0 Å². The Labute approximate surface area is 142 Å². The molecular formula is C18H25N5O. The van der Waals surface area contributed by atoms with Gasteiger partial charge in [0.1, 0.15) is 11.6 Å². The number of aromatic nitrogens is 3. The van der Waals surface area contributed by atoms with E-state index < -0.39 is 0 Å². The number of imidazole rings is 1. The highest BCUT2D eigenvalue weighted by Crippen LogP contribution is 2.19. The zero-order valence-corrected chi connectivity index (χ0v) is 14.4. The number of carbonyl (C=O) groups is 1. The van der Waals surface area contributed by atoms with Crippen molar-refractivity contribution in [1.29, 1.82) is 0 Å². The number of aryl methyl sites for hydroxylation is 3. The first-order chi connectivity index (χ1) is 11.6. The third-order valence-corrected chi connectivity index (χ3v) is 4.57. The lowest BCUT2D eigenvalue weighted by Gasteiger charge is -2.23. The van der Waals surface area contributed by atoms with Gasteiger partial charge in [-0.05, 0) is 51.8 Å². The number of anilines is 1. The van der Waals surface area contributed by atoms with Gasteiger partial charge in [0.05, 0.1) is 6.04 Å². The summed E-state index contributed by atoms with van der Waals surface area (Å²) in [6.07, 6.45) is 6.85. The maximum Gasteiger partial charge on any atom is 0.242 e. The number of amides is 1. The summed E-state index contributed by atoms with van der Waals surface area (Å²) in [5.74, 6) is 1.74. The highest BCUT2D eigenvalue weighted by atomic mass is 16.2. The number of hydrogen-bond acceptors (Lipinski definition) is 4. The van der Waals surface area contributed by atoms with Crippen LogP contribution in [0.25, 0.3) is 0 Å². The highest BCUT2D eigenvalue weighted by molar-refractivity contribution is 5.94. The Morgan fingerprint density at radius 2 is 2.21 bits per heavy atom. The van der Waals surface area contributed by atoms with Crippen LogP contribution in [0.15, 0.2) is 30.6 Å². The van der Waals surface area contributed by atoms with E-state index in [2.05, 4.69) is 24.8 Å². The smallest absolute Gasteiger partial charge is 0.242 e. The standard InChI is InChI=1S/C18H25N5O/c1-14-6-3-8-17(20-14)21-18(24)16-7-4-10-23(16)12-5-11-22-13-9-19-15(22)2/h3,6,8-9,13,16H,4-5,7,10-12H2,1-2H3,(H,20,21,24)/t16-/m0/s1. The first-order valence-corrected chi connectivity index (χ1v) is 8.60. The van der Waals surface area contributed by atoms with Crippen LogP contribution in [0.2, 0.25) is 0 Å². The molecule has 6 nitrogen and oxygen atoms in total. The largest absolute Gasteiger partial charge is 0.335 e. The van der Waals surface area contributed by atoms with Gasteiger partial charge in [0.25, 0.3) is 0 Å². The van der Waals surface area contributed by atoms with Crippen molar-refractivity contribution in [3.05, 3.63) is 42.1 Å². The monoisotopic (exact) mass is 327 g/mol. The molecule has 2 aromatic rings. The normalized spacial score (nSPS) is 18.0. The van der Waals surface area contributed by atoms with Crippen LogP contribution in [0, 0.1) is 13.8 Å². The third-order valence-electron chi connectivity index (χ3n) is 4.57. The minimum Gasteiger partial charge on any atom is -0.335 e. The molecular weight excluding hydrogens is 302 g/mol. The maximum atomic E-state index is 12.6. The Hall–Kier alpha value is -2.21. The lowest BCUT2D eigenvalue weighted by molar-refractivity contribution is -0.120.